The van der Waals surface area contributed by atoms with Crippen LogP contribution in [0.2, 0.25) is 5.02 Å². The number of nitrogens with zero attached hydrogens (tertiary/aromatic N) is 2. The van der Waals surface area contributed by atoms with Gasteiger partial charge in [-0.3, -0.25) is 9.69 Å². The predicted molar refractivity (Wildman–Crippen MR) is 106 cm³/mol. The number of carbonyl (C=O) groups is 1. The molecule has 0 aromatic heterocycles. The average molecular weight is 403 g/mol. The van der Waals surface area contributed by atoms with Gasteiger partial charge in [0.25, 0.3) is 5.91 Å². The van der Waals surface area contributed by atoms with Gasteiger partial charge in [0.1, 0.15) is 5.75 Å². The number of benzene rings is 2. The van der Waals surface area contributed by atoms with E-state index in [1.807, 2.05) is 17.0 Å². The molecule has 1 fully saturated rings. The standard InChI is InChI=1S/C21H23ClN2O4/c1-15(28-18-5-3-17(22)4-6-18)21(25)24-10-8-23(9-11-24)13-16-2-7-19-20(12-16)27-14-26-19/h2-7,12,15H,8-11,13-14H2,1H3/t15-/m0/s1. The van der Waals surface area contributed by atoms with Crippen molar-refractivity contribution in [1.82, 2.24) is 9.80 Å². The second kappa shape index (κ2) is 8.29. The SMILES string of the molecule is C[C@H](Oc1ccc(Cl)cc1)C(=O)N1CCN(Cc2ccc3c(c2)OCO3)CC1. The van der Waals surface area contributed by atoms with E-state index in [4.69, 9.17) is 25.8 Å². The molecule has 148 valence electrons. The van der Waals surface area contributed by atoms with Crippen LogP contribution in [0.5, 0.6) is 17.2 Å². The maximum absolute atomic E-state index is 12.7. The topological polar surface area (TPSA) is 51.2 Å². The Bertz CT molecular complexity index is 835. The first kappa shape index (κ1) is 18.9. The lowest BCUT2D eigenvalue weighted by Crippen LogP contribution is -2.51. The fraction of sp³-hybridized carbons (Fsp3) is 0.381. The Kier molecular flexibility index (Phi) is 5.59. The number of fused-ring (bicyclic) bond motifs is 1. The van der Waals surface area contributed by atoms with Crippen LogP contribution < -0.4 is 14.2 Å². The molecule has 2 aliphatic rings. The van der Waals surface area contributed by atoms with Crippen LogP contribution in [0.1, 0.15) is 12.5 Å². The molecule has 0 N–H and O–H groups in total. The monoisotopic (exact) mass is 402 g/mol. The molecule has 2 aromatic rings. The highest BCUT2D eigenvalue weighted by Gasteiger charge is 2.26. The average Bonchev–Trinajstić information content (AvgIpc) is 3.17. The maximum Gasteiger partial charge on any atom is 0.263 e. The van der Waals surface area contributed by atoms with Crippen LogP contribution in [-0.4, -0.2) is 54.8 Å². The fourth-order valence-electron chi connectivity index (χ4n) is 3.45. The highest BCUT2D eigenvalue weighted by Crippen LogP contribution is 2.32. The second-order valence-electron chi connectivity index (χ2n) is 7.00. The smallest absolute Gasteiger partial charge is 0.263 e. The van der Waals surface area contributed by atoms with Crippen LogP contribution in [0.3, 0.4) is 0 Å². The van der Waals surface area contributed by atoms with Gasteiger partial charge in [0.05, 0.1) is 0 Å². The van der Waals surface area contributed by atoms with Crippen molar-refractivity contribution in [2.45, 2.75) is 19.6 Å². The van der Waals surface area contributed by atoms with E-state index in [2.05, 4.69) is 11.0 Å². The summed E-state index contributed by atoms with van der Waals surface area (Å²) in [6, 6.07) is 13.1. The first-order valence-electron chi connectivity index (χ1n) is 9.40. The number of hydrogen-bond donors (Lipinski definition) is 0. The molecule has 28 heavy (non-hydrogen) atoms. The molecule has 0 spiro atoms. The van der Waals surface area contributed by atoms with Crippen molar-refractivity contribution in [3.63, 3.8) is 0 Å². The first-order chi connectivity index (χ1) is 13.6. The Morgan fingerprint density at radius 3 is 2.54 bits per heavy atom. The van der Waals surface area contributed by atoms with Gasteiger partial charge in [-0.2, -0.15) is 0 Å². The second-order valence-corrected chi connectivity index (χ2v) is 7.44. The summed E-state index contributed by atoms with van der Waals surface area (Å²) in [5.41, 5.74) is 1.18. The molecule has 4 rings (SSSR count). The minimum absolute atomic E-state index is 0.0117. The van der Waals surface area contributed by atoms with Crippen molar-refractivity contribution < 1.29 is 19.0 Å². The van der Waals surface area contributed by atoms with Crippen LogP contribution in [-0.2, 0) is 11.3 Å². The van der Waals surface area contributed by atoms with Gasteiger partial charge in [-0.15, -0.1) is 0 Å². The molecule has 1 atom stereocenters. The highest BCUT2D eigenvalue weighted by atomic mass is 35.5. The van der Waals surface area contributed by atoms with Crippen LogP contribution in [0, 0.1) is 0 Å². The van der Waals surface area contributed by atoms with Crippen molar-refractivity contribution in [2.24, 2.45) is 0 Å². The third-order valence-corrected chi connectivity index (χ3v) is 5.25. The summed E-state index contributed by atoms with van der Waals surface area (Å²) in [7, 11) is 0. The van der Waals surface area contributed by atoms with Crippen LogP contribution in [0.15, 0.2) is 42.5 Å². The zero-order chi connectivity index (χ0) is 19.5. The molecule has 1 amide bonds. The Hall–Kier alpha value is -2.44. The van der Waals surface area contributed by atoms with Gasteiger partial charge in [-0.05, 0) is 48.9 Å². The lowest BCUT2D eigenvalue weighted by Gasteiger charge is -2.35. The number of carbonyl (C=O) groups excluding carboxylic acids is 1. The van der Waals surface area contributed by atoms with Crippen LogP contribution >= 0.6 is 11.6 Å². The number of piperazine rings is 1. The molecule has 2 aliphatic heterocycles. The van der Waals surface area contributed by atoms with E-state index < -0.39 is 6.10 Å². The zero-order valence-electron chi connectivity index (χ0n) is 15.8. The van der Waals surface area contributed by atoms with E-state index in [-0.39, 0.29) is 12.7 Å². The lowest BCUT2D eigenvalue weighted by molar-refractivity contribution is -0.139. The third kappa shape index (κ3) is 4.34. The fourth-order valence-corrected chi connectivity index (χ4v) is 3.57. The summed E-state index contributed by atoms with van der Waals surface area (Å²) in [6.07, 6.45) is -0.526. The van der Waals surface area contributed by atoms with Gasteiger partial charge in [0.2, 0.25) is 6.79 Å². The molecule has 6 nitrogen and oxygen atoms in total. The van der Waals surface area contributed by atoms with E-state index in [9.17, 15) is 4.79 Å². The Morgan fingerprint density at radius 2 is 1.79 bits per heavy atom. The number of halogens is 1. The first-order valence-corrected chi connectivity index (χ1v) is 9.78. The van der Waals surface area contributed by atoms with Gasteiger partial charge in [0, 0.05) is 37.7 Å². The quantitative estimate of drug-likeness (QED) is 0.768. The van der Waals surface area contributed by atoms with Crippen molar-refractivity contribution in [3.05, 3.63) is 53.1 Å². The molecule has 7 heteroatoms. The summed E-state index contributed by atoms with van der Waals surface area (Å²) in [4.78, 5) is 16.9. The highest BCUT2D eigenvalue weighted by molar-refractivity contribution is 6.30. The zero-order valence-corrected chi connectivity index (χ0v) is 16.5. The van der Waals surface area contributed by atoms with E-state index in [1.165, 1.54) is 5.56 Å². The predicted octanol–water partition coefficient (Wildman–Crippen LogP) is 3.18. The van der Waals surface area contributed by atoms with Crippen molar-refractivity contribution in [3.8, 4) is 17.2 Å². The Balaban J connectivity index is 1.27. The molecule has 0 aliphatic carbocycles. The molecular weight excluding hydrogens is 380 g/mol. The van der Waals surface area contributed by atoms with E-state index >= 15 is 0 Å². The summed E-state index contributed by atoms with van der Waals surface area (Å²) >= 11 is 5.88. The summed E-state index contributed by atoms with van der Waals surface area (Å²) in [5, 5.41) is 0.643. The molecule has 0 bridgehead atoms. The minimum atomic E-state index is -0.526. The summed E-state index contributed by atoms with van der Waals surface area (Å²) in [6.45, 7) is 5.94. The molecule has 0 saturated carbocycles. The van der Waals surface area contributed by atoms with E-state index in [1.54, 1.807) is 31.2 Å². The van der Waals surface area contributed by atoms with Gasteiger partial charge < -0.3 is 19.1 Å². The molecule has 2 aromatic carbocycles. The Labute approximate surface area is 169 Å². The van der Waals surface area contributed by atoms with Crippen molar-refractivity contribution >= 4 is 17.5 Å². The van der Waals surface area contributed by atoms with E-state index in [0.717, 1.165) is 31.1 Å². The Morgan fingerprint density at radius 1 is 1.07 bits per heavy atom. The molecule has 2 heterocycles. The van der Waals surface area contributed by atoms with Crippen LogP contribution in [0.4, 0.5) is 0 Å². The van der Waals surface area contributed by atoms with Crippen LogP contribution in [0.25, 0.3) is 0 Å². The van der Waals surface area contributed by atoms with Crippen molar-refractivity contribution in [2.75, 3.05) is 33.0 Å². The number of hydrogen-bond acceptors (Lipinski definition) is 5. The number of amides is 1. The molecular formula is C21H23ClN2O4. The molecule has 0 unspecified atom stereocenters. The van der Waals surface area contributed by atoms with Gasteiger partial charge in [-0.25, -0.2) is 0 Å². The summed E-state index contributed by atoms with van der Waals surface area (Å²) in [5.74, 6) is 2.26. The molecule has 1 saturated heterocycles. The third-order valence-electron chi connectivity index (χ3n) is 5.00. The number of rotatable bonds is 5. The minimum Gasteiger partial charge on any atom is -0.481 e. The largest absolute Gasteiger partial charge is 0.481 e. The maximum atomic E-state index is 12.7. The summed E-state index contributed by atoms with van der Waals surface area (Å²) < 4.78 is 16.6. The normalized spacial score (nSPS) is 17.4. The lowest BCUT2D eigenvalue weighted by atomic mass is 10.1. The van der Waals surface area contributed by atoms with Gasteiger partial charge in [0.15, 0.2) is 17.6 Å². The van der Waals surface area contributed by atoms with Crippen molar-refractivity contribution in [1.29, 1.82) is 0 Å². The van der Waals surface area contributed by atoms with Gasteiger partial charge in [-0.1, -0.05) is 17.7 Å². The number of ether oxygens (including phenoxy) is 3. The van der Waals surface area contributed by atoms with Gasteiger partial charge >= 0.3 is 0 Å². The van der Waals surface area contributed by atoms with E-state index in [0.29, 0.717) is 23.9 Å². The molecule has 0 radical (unpaired) electrons.